The fourth-order valence-corrected chi connectivity index (χ4v) is 7.37. The maximum absolute atomic E-state index is 13.6. The molecule has 5 aliphatic rings. The number of nitrogens with one attached hydrogen (secondary N) is 1. The molecule has 8 nitrogen and oxygen atoms in total. The average Bonchev–Trinajstić information content (AvgIpc) is 3.28. The Morgan fingerprint density at radius 3 is 2.42 bits per heavy atom. The minimum atomic E-state index is -0.517. The number of allylic oxidation sites excluding steroid dienone is 1. The van der Waals surface area contributed by atoms with Crippen LogP contribution in [0.2, 0.25) is 0 Å². The van der Waals surface area contributed by atoms with Gasteiger partial charge in [0.2, 0.25) is 11.6 Å². The average molecular weight is 500 g/mol. The van der Waals surface area contributed by atoms with Gasteiger partial charge in [-0.1, -0.05) is 19.3 Å². The highest BCUT2D eigenvalue weighted by Crippen LogP contribution is 2.53. The van der Waals surface area contributed by atoms with E-state index in [4.69, 9.17) is 14.2 Å². The molecular weight excluding hydrogens is 458 g/mol. The van der Waals surface area contributed by atoms with E-state index in [0.717, 1.165) is 24.7 Å². The summed E-state index contributed by atoms with van der Waals surface area (Å²) in [6.07, 6.45) is 15.7. The number of amides is 1. The van der Waals surface area contributed by atoms with Crippen molar-refractivity contribution in [3.05, 3.63) is 23.6 Å². The topological polar surface area (TPSA) is 91.7 Å². The Kier molecular flexibility index (Phi) is 7.87. The van der Waals surface area contributed by atoms with Gasteiger partial charge in [-0.05, 0) is 87.5 Å². The van der Waals surface area contributed by atoms with Crippen molar-refractivity contribution >= 4 is 11.9 Å². The van der Waals surface area contributed by atoms with E-state index in [0.29, 0.717) is 35.8 Å². The van der Waals surface area contributed by atoms with Gasteiger partial charge < -0.3 is 19.5 Å². The van der Waals surface area contributed by atoms with Gasteiger partial charge in [0.25, 0.3) is 5.91 Å². The number of hydrogen-bond acceptors (Lipinski definition) is 6. The Labute approximate surface area is 214 Å². The molecule has 0 spiro atoms. The van der Waals surface area contributed by atoms with Crippen LogP contribution in [0, 0.1) is 29.6 Å². The lowest BCUT2D eigenvalue weighted by molar-refractivity contribution is -0.142. The maximum atomic E-state index is 13.6. The first-order valence-corrected chi connectivity index (χ1v) is 14.0. The molecule has 1 aromatic rings. The van der Waals surface area contributed by atoms with E-state index in [-0.39, 0.29) is 30.9 Å². The van der Waals surface area contributed by atoms with Crippen LogP contribution in [0.4, 0.5) is 0 Å². The molecule has 0 aromatic carbocycles. The van der Waals surface area contributed by atoms with E-state index >= 15 is 0 Å². The number of esters is 1. The molecule has 5 fully saturated rings. The lowest BCUT2D eigenvalue weighted by Gasteiger charge is -2.54. The highest BCUT2D eigenvalue weighted by Gasteiger charge is 2.48. The summed E-state index contributed by atoms with van der Waals surface area (Å²) in [4.78, 5) is 25.7. The number of ether oxygens (including phenoxy) is 3. The fraction of sp³-hybridized carbons (Fsp3) is 0.750. The second kappa shape index (κ2) is 11.3. The molecule has 5 saturated carbocycles. The normalized spacial score (nSPS) is 29.7. The number of carbonyl (C=O) groups excluding carboxylic acids is 2. The molecule has 5 aliphatic carbocycles. The van der Waals surface area contributed by atoms with Gasteiger partial charge in [0.05, 0.1) is 33.1 Å². The standard InChI is InChI=1S/C28H41N3O5/c1-3-35-28(33)24(34-2)9-10-31-27(36-17-18-7-5-4-6-8-18)23(16-29-31)26(32)30-25-21-12-19-11-20(14-21)15-22(25)13-19/h9,16,18-22,25H,3-8,10-15,17H2,1-2H3,(H,30,32). The largest absolute Gasteiger partial charge is 0.490 e. The van der Waals surface area contributed by atoms with E-state index in [1.54, 1.807) is 23.9 Å². The molecule has 0 unspecified atom stereocenters. The van der Waals surface area contributed by atoms with E-state index in [9.17, 15) is 9.59 Å². The van der Waals surface area contributed by atoms with E-state index in [1.165, 1.54) is 58.5 Å². The summed E-state index contributed by atoms with van der Waals surface area (Å²) in [5.74, 6) is 3.38. The van der Waals surface area contributed by atoms with Crippen LogP contribution in [-0.4, -0.2) is 48.0 Å². The van der Waals surface area contributed by atoms with Crippen molar-refractivity contribution in [1.29, 1.82) is 0 Å². The number of nitrogens with zero attached hydrogens (tertiary/aromatic N) is 2. The monoisotopic (exact) mass is 499 g/mol. The summed E-state index contributed by atoms with van der Waals surface area (Å²) in [5.41, 5.74) is 0.475. The predicted molar refractivity (Wildman–Crippen MR) is 134 cm³/mol. The quantitative estimate of drug-likeness (QED) is 0.290. The second-order valence-corrected chi connectivity index (χ2v) is 11.3. The molecule has 198 valence electrons. The highest BCUT2D eigenvalue weighted by atomic mass is 16.6. The summed E-state index contributed by atoms with van der Waals surface area (Å²) >= 11 is 0. The van der Waals surface area contributed by atoms with Gasteiger partial charge >= 0.3 is 5.97 Å². The van der Waals surface area contributed by atoms with Crippen LogP contribution in [0.15, 0.2) is 18.0 Å². The van der Waals surface area contributed by atoms with E-state index in [2.05, 4.69) is 10.4 Å². The Balaban J connectivity index is 1.32. The zero-order chi connectivity index (χ0) is 25.1. The SMILES string of the molecule is CCOC(=O)C(=CCn1ncc(C(=O)NC2C3CC4CC(C3)CC2C4)c1OCC1CCCCC1)OC. The van der Waals surface area contributed by atoms with Gasteiger partial charge in [-0.25, -0.2) is 9.48 Å². The number of methoxy groups -OCH3 is 1. The van der Waals surface area contributed by atoms with Crippen LogP contribution in [0.5, 0.6) is 5.88 Å². The van der Waals surface area contributed by atoms with Crippen molar-refractivity contribution in [2.75, 3.05) is 20.3 Å². The number of rotatable bonds is 10. The molecule has 8 heteroatoms. The van der Waals surface area contributed by atoms with Crippen LogP contribution in [0.25, 0.3) is 0 Å². The molecule has 4 bridgehead atoms. The summed E-state index contributed by atoms with van der Waals surface area (Å²) in [5, 5.41) is 7.87. The van der Waals surface area contributed by atoms with Crippen molar-refractivity contribution < 1.29 is 23.8 Å². The molecule has 1 aromatic heterocycles. The van der Waals surface area contributed by atoms with Gasteiger partial charge in [-0.3, -0.25) is 4.79 Å². The molecule has 1 N–H and O–H groups in total. The maximum Gasteiger partial charge on any atom is 0.373 e. The summed E-state index contributed by atoms with van der Waals surface area (Å²) < 4.78 is 18.2. The lowest BCUT2D eigenvalue weighted by atomic mass is 9.54. The Morgan fingerprint density at radius 2 is 1.78 bits per heavy atom. The van der Waals surface area contributed by atoms with E-state index < -0.39 is 5.97 Å². The Bertz CT molecular complexity index is 936. The van der Waals surface area contributed by atoms with Crippen molar-refractivity contribution in [2.24, 2.45) is 29.6 Å². The molecule has 0 radical (unpaired) electrons. The van der Waals surface area contributed by atoms with E-state index in [1.807, 2.05) is 0 Å². The number of carbonyl (C=O) groups is 2. The first-order chi connectivity index (χ1) is 17.6. The molecule has 0 atom stereocenters. The zero-order valence-electron chi connectivity index (χ0n) is 21.7. The second-order valence-electron chi connectivity index (χ2n) is 11.3. The summed E-state index contributed by atoms with van der Waals surface area (Å²) in [6, 6.07) is 0.253. The Hall–Kier alpha value is -2.51. The zero-order valence-corrected chi connectivity index (χ0v) is 21.7. The first-order valence-electron chi connectivity index (χ1n) is 14.0. The van der Waals surface area contributed by atoms with Crippen molar-refractivity contribution in [2.45, 2.75) is 83.7 Å². The van der Waals surface area contributed by atoms with Gasteiger partial charge in [0, 0.05) is 6.04 Å². The van der Waals surface area contributed by atoms with Crippen LogP contribution in [0.1, 0.15) is 81.5 Å². The summed E-state index contributed by atoms with van der Waals surface area (Å²) in [6.45, 7) is 2.84. The smallest absolute Gasteiger partial charge is 0.373 e. The molecule has 0 saturated heterocycles. The lowest BCUT2D eigenvalue weighted by Crippen LogP contribution is -2.55. The third-order valence-electron chi connectivity index (χ3n) is 8.89. The third kappa shape index (κ3) is 5.42. The Morgan fingerprint density at radius 1 is 1.08 bits per heavy atom. The van der Waals surface area contributed by atoms with Gasteiger partial charge in [-0.2, -0.15) is 5.10 Å². The number of hydrogen-bond donors (Lipinski definition) is 1. The first kappa shape index (κ1) is 25.2. The molecular formula is C28H41N3O5. The van der Waals surface area contributed by atoms with Crippen molar-refractivity contribution in [1.82, 2.24) is 15.1 Å². The van der Waals surface area contributed by atoms with Crippen LogP contribution < -0.4 is 10.1 Å². The minimum absolute atomic E-state index is 0.0984. The van der Waals surface area contributed by atoms with Crippen molar-refractivity contribution in [3.63, 3.8) is 0 Å². The van der Waals surface area contributed by atoms with Crippen LogP contribution in [-0.2, 0) is 20.8 Å². The molecule has 1 amide bonds. The number of aromatic nitrogens is 2. The minimum Gasteiger partial charge on any atom is -0.490 e. The van der Waals surface area contributed by atoms with Crippen LogP contribution >= 0.6 is 0 Å². The van der Waals surface area contributed by atoms with Gasteiger partial charge in [0.1, 0.15) is 5.56 Å². The van der Waals surface area contributed by atoms with Crippen LogP contribution in [0.3, 0.4) is 0 Å². The van der Waals surface area contributed by atoms with Gasteiger partial charge in [-0.15, -0.1) is 0 Å². The van der Waals surface area contributed by atoms with Crippen molar-refractivity contribution in [3.8, 4) is 5.88 Å². The summed E-state index contributed by atoms with van der Waals surface area (Å²) in [7, 11) is 1.44. The molecule has 1 heterocycles. The van der Waals surface area contributed by atoms with Gasteiger partial charge in [0.15, 0.2) is 0 Å². The molecule has 0 aliphatic heterocycles. The molecule has 36 heavy (non-hydrogen) atoms. The predicted octanol–water partition coefficient (Wildman–Crippen LogP) is 4.49. The fourth-order valence-electron chi connectivity index (χ4n) is 7.37. The highest BCUT2D eigenvalue weighted by molar-refractivity contribution is 5.96. The third-order valence-corrected chi connectivity index (χ3v) is 8.89. The molecule has 6 rings (SSSR count).